The smallest absolute Gasteiger partial charge is 0.228 e. The number of hydrogen-bond donors (Lipinski definition) is 0. The van der Waals surface area contributed by atoms with Crippen LogP contribution in [0.1, 0.15) is 57.1 Å². The molecule has 26 heavy (non-hydrogen) atoms. The molecule has 0 spiro atoms. The van der Waals surface area contributed by atoms with Crippen molar-refractivity contribution in [1.29, 1.82) is 0 Å². The summed E-state index contributed by atoms with van der Waals surface area (Å²) in [5, 5.41) is 2.13. The van der Waals surface area contributed by atoms with Crippen molar-refractivity contribution in [3.8, 4) is 0 Å². The molecule has 2 heterocycles. The van der Waals surface area contributed by atoms with Crippen LogP contribution in [0, 0.1) is 36.0 Å². The molecule has 5 fully saturated rings. The zero-order chi connectivity index (χ0) is 17.7. The second-order valence-electron chi connectivity index (χ2n) is 9.50. The van der Waals surface area contributed by atoms with E-state index >= 15 is 0 Å². The van der Waals surface area contributed by atoms with Crippen molar-refractivity contribution in [1.82, 2.24) is 9.88 Å². The molecule has 0 unspecified atom stereocenters. The minimum Gasteiger partial charge on any atom is -0.342 e. The molecule has 0 aromatic carbocycles. The average Bonchev–Trinajstić information content (AvgIpc) is 3.04. The molecule has 4 saturated carbocycles. The van der Waals surface area contributed by atoms with Gasteiger partial charge in [0.05, 0.1) is 5.41 Å². The van der Waals surface area contributed by atoms with Crippen LogP contribution in [0.3, 0.4) is 0 Å². The third kappa shape index (κ3) is 3.23. The first-order valence-electron chi connectivity index (χ1n) is 10.4. The van der Waals surface area contributed by atoms with Crippen LogP contribution in [0.2, 0.25) is 0 Å². The largest absolute Gasteiger partial charge is 0.342 e. The van der Waals surface area contributed by atoms with Crippen LogP contribution >= 0.6 is 23.1 Å². The molecule has 4 bridgehead atoms. The van der Waals surface area contributed by atoms with Crippen molar-refractivity contribution in [2.75, 3.05) is 18.8 Å². The van der Waals surface area contributed by atoms with Gasteiger partial charge in [0.25, 0.3) is 0 Å². The summed E-state index contributed by atoms with van der Waals surface area (Å²) in [6, 6.07) is 0. The molecule has 6 rings (SSSR count). The first-order valence-corrected chi connectivity index (χ1v) is 12.3. The fourth-order valence-corrected chi connectivity index (χ4v) is 8.66. The quantitative estimate of drug-likeness (QED) is 0.678. The monoisotopic (exact) mass is 390 g/mol. The van der Waals surface area contributed by atoms with Crippen LogP contribution < -0.4 is 0 Å². The molecule has 1 saturated heterocycles. The van der Waals surface area contributed by atoms with Gasteiger partial charge in [0, 0.05) is 29.9 Å². The molecule has 0 atom stereocenters. The zero-order valence-electron chi connectivity index (χ0n) is 15.8. The van der Waals surface area contributed by atoms with Crippen LogP contribution in [0.25, 0.3) is 0 Å². The van der Waals surface area contributed by atoms with Crippen molar-refractivity contribution in [3.05, 3.63) is 11.1 Å². The van der Waals surface area contributed by atoms with Gasteiger partial charge < -0.3 is 4.90 Å². The van der Waals surface area contributed by atoms with E-state index in [0.717, 1.165) is 48.2 Å². The van der Waals surface area contributed by atoms with E-state index in [4.69, 9.17) is 0 Å². The van der Waals surface area contributed by atoms with Crippen LogP contribution in [0.15, 0.2) is 9.72 Å². The fraction of sp³-hybridized carbons (Fsp3) is 0.810. The van der Waals surface area contributed by atoms with Gasteiger partial charge in [-0.05, 0) is 82.0 Å². The number of amides is 1. The molecule has 5 heteroatoms. The summed E-state index contributed by atoms with van der Waals surface area (Å²) in [6.07, 6.45) is 10.2. The molecular formula is C21H30N2OS2. The normalized spacial score (nSPS) is 36.7. The molecule has 5 aliphatic rings. The third-order valence-corrected chi connectivity index (χ3v) is 9.80. The summed E-state index contributed by atoms with van der Waals surface area (Å²) in [5.41, 5.74) is 1.18. The number of piperidine rings is 1. The number of aryl methyl sites for hydroxylation is 1. The number of carbonyl (C=O) groups is 1. The van der Waals surface area contributed by atoms with Gasteiger partial charge in [-0.15, -0.1) is 11.3 Å². The number of nitrogens with zero attached hydrogens (tertiary/aromatic N) is 2. The van der Waals surface area contributed by atoms with E-state index in [1.54, 1.807) is 11.3 Å². The predicted molar refractivity (Wildman–Crippen MR) is 107 cm³/mol. The Morgan fingerprint density at radius 2 is 1.81 bits per heavy atom. The molecule has 142 valence electrons. The lowest BCUT2D eigenvalue weighted by atomic mass is 9.49. The third-order valence-electron chi connectivity index (χ3n) is 7.43. The maximum absolute atomic E-state index is 13.5. The highest BCUT2D eigenvalue weighted by atomic mass is 32.2. The van der Waals surface area contributed by atoms with Gasteiger partial charge in [-0.25, -0.2) is 4.98 Å². The average molecular weight is 391 g/mol. The van der Waals surface area contributed by atoms with Gasteiger partial charge >= 0.3 is 0 Å². The second kappa shape index (κ2) is 6.80. The van der Waals surface area contributed by atoms with Crippen LogP contribution in [0.5, 0.6) is 0 Å². The maximum atomic E-state index is 13.5. The molecule has 1 aliphatic heterocycles. The van der Waals surface area contributed by atoms with E-state index in [1.807, 2.05) is 11.8 Å². The van der Waals surface area contributed by atoms with Crippen molar-refractivity contribution in [2.24, 2.45) is 29.1 Å². The summed E-state index contributed by atoms with van der Waals surface area (Å²) >= 11 is 3.67. The molecule has 1 aromatic heterocycles. The highest BCUT2D eigenvalue weighted by Crippen LogP contribution is 2.60. The molecule has 1 amide bonds. The Hall–Kier alpha value is -0.550. The van der Waals surface area contributed by atoms with E-state index in [1.165, 1.54) is 55.7 Å². The van der Waals surface area contributed by atoms with Gasteiger partial charge in [0.1, 0.15) is 4.34 Å². The number of thioether (sulfide) groups is 1. The Bertz CT molecular complexity index is 642. The summed E-state index contributed by atoms with van der Waals surface area (Å²) in [4.78, 5) is 20.3. The number of carbonyl (C=O) groups excluding carboxylic acids is 1. The maximum Gasteiger partial charge on any atom is 0.228 e. The first kappa shape index (κ1) is 17.5. The highest BCUT2D eigenvalue weighted by Gasteiger charge is 2.55. The summed E-state index contributed by atoms with van der Waals surface area (Å²) < 4.78 is 1.20. The van der Waals surface area contributed by atoms with Gasteiger partial charge in [0.2, 0.25) is 5.91 Å². The molecule has 3 nitrogen and oxygen atoms in total. The van der Waals surface area contributed by atoms with Gasteiger partial charge in [-0.2, -0.15) is 0 Å². The molecule has 0 radical (unpaired) electrons. The predicted octanol–water partition coefficient (Wildman–Crippen LogP) is 5.00. The van der Waals surface area contributed by atoms with Gasteiger partial charge in [0.15, 0.2) is 0 Å². The number of thiazole rings is 1. The second-order valence-corrected chi connectivity index (χ2v) is 11.6. The molecule has 0 N–H and O–H groups in total. The lowest BCUT2D eigenvalue weighted by Crippen LogP contribution is -2.55. The number of aromatic nitrogens is 1. The van der Waals surface area contributed by atoms with E-state index in [2.05, 4.69) is 22.2 Å². The van der Waals surface area contributed by atoms with Gasteiger partial charge in [-0.3, -0.25) is 4.79 Å². The lowest BCUT2D eigenvalue weighted by Gasteiger charge is -2.57. The lowest BCUT2D eigenvalue weighted by molar-refractivity contribution is -0.159. The number of rotatable bonds is 4. The topological polar surface area (TPSA) is 33.2 Å². The van der Waals surface area contributed by atoms with Crippen molar-refractivity contribution in [3.63, 3.8) is 0 Å². The Morgan fingerprint density at radius 1 is 1.19 bits per heavy atom. The summed E-state index contributed by atoms with van der Waals surface area (Å²) in [5.74, 6) is 5.03. The first-order chi connectivity index (χ1) is 12.6. The van der Waals surface area contributed by atoms with Crippen molar-refractivity contribution >= 4 is 29.0 Å². The molecular weight excluding hydrogens is 360 g/mol. The van der Waals surface area contributed by atoms with Crippen LogP contribution in [-0.2, 0) is 4.79 Å². The van der Waals surface area contributed by atoms with E-state index < -0.39 is 0 Å². The van der Waals surface area contributed by atoms with Crippen molar-refractivity contribution in [2.45, 2.75) is 62.6 Å². The van der Waals surface area contributed by atoms with Crippen LogP contribution in [-0.4, -0.2) is 34.6 Å². The van der Waals surface area contributed by atoms with E-state index in [9.17, 15) is 4.79 Å². The summed E-state index contributed by atoms with van der Waals surface area (Å²) in [7, 11) is 0. The minimum absolute atomic E-state index is 0.0503. The summed E-state index contributed by atoms with van der Waals surface area (Å²) in [6.45, 7) is 4.04. The molecule has 4 aliphatic carbocycles. The Morgan fingerprint density at radius 3 is 2.35 bits per heavy atom. The fourth-order valence-electron chi connectivity index (χ4n) is 6.60. The highest BCUT2D eigenvalue weighted by molar-refractivity contribution is 8.01. The van der Waals surface area contributed by atoms with Gasteiger partial charge in [-0.1, -0.05) is 11.8 Å². The molecule has 1 aromatic rings. The number of likely N-dealkylation sites (tertiary alicyclic amines) is 1. The number of hydrogen-bond acceptors (Lipinski definition) is 4. The zero-order valence-corrected chi connectivity index (χ0v) is 17.4. The van der Waals surface area contributed by atoms with Crippen molar-refractivity contribution < 1.29 is 4.79 Å². The van der Waals surface area contributed by atoms with E-state index in [-0.39, 0.29) is 5.41 Å². The SMILES string of the molecule is Cc1csc(SCC2CCN(C(=O)C34CC5CC(CC(C5)C3)C4)CC2)n1. The Kier molecular flexibility index (Phi) is 4.59. The Labute approximate surface area is 165 Å². The minimum atomic E-state index is 0.0503. The van der Waals surface area contributed by atoms with Crippen LogP contribution in [0.4, 0.5) is 0 Å². The van der Waals surface area contributed by atoms with E-state index in [0.29, 0.717) is 5.91 Å². The standard InChI is InChI=1S/C21H30N2OS2/c1-14-12-25-20(22-14)26-13-15-2-4-23(5-3-15)19(24)21-9-16-6-17(10-21)8-18(7-16)11-21/h12,15-18H,2-11,13H2,1H3. The Balaban J connectivity index is 1.16.